The topological polar surface area (TPSA) is 12.0 Å². The summed E-state index contributed by atoms with van der Waals surface area (Å²) in [6, 6.07) is 18.5. The maximum absolute atomic E-state index is 3.46. The minimum Gasteiger partial charge on any atom is -0.313 e. The minimum atomic E-state index is 0.391. The summed E-state index contributed by atoms with van der Waals surface area (Å²) in [7, 11) is 2.06. The van der Waals surface area contributed by atoms with Crippen molar-refractivity contribution in [2.75, 3.05) is 7.05 Å². The normalized spacial score (nSPS) is 16.5. The summed E-state index contributed by atoms with van der Waals surface area (Å²) < 4.78 is 0. The van der Waals surface area contributed by atoms with Gasteiger partial charge in [0.1, 0.15) is 0 Å². The molecule has 0 spiro atoms. The molecule has 110 valence electrons. The highest BCUT2D eigenvalue weighted by molar-refractivity contribution is 5.30. The Kier molecular flexibility index (Phi) is 4.40. The number of hydrogen-bond donors (Lipinski definition) is 1. The van der Waals surface area contributed by atoms with Crippen LogP contribution in [0, 0.1) is 6.92 Å². The van der Waals surface area contributed by atoms with E-state index in [0.29, 0.717) is 6.04 Å². The monoisotopic (exact) mass is 279 g/mol. The first-order valence-electron chi connectivity index (χ1n) is 8.09. The zero-order valence-corrected chi connectivity index (χ0v) is 13.1. The third kappa shape index (κ3) is 3.36. The van der Waals surface area contributed by atoms with Crippen molar-refractivity contribution in [1.82, 2.24) is 5.32 Å². The molecule has 1 unspecified atom stereocenters. The quantitative estimate of drug-likeness (QED) is 0.831. The van der Waals surface area contributed by atoms with Crippen LogP contribution in [-0.2, 0) is 6.42 Å². The van der Waals surface area contributed by atoms with Crippen molar-refractivity contribution in [1.29, 1.82) is 0 Å². The van der Waals surface area contributed by atoms with Gasteiger partial charge in [-0.15, -0.1) is 0 Å². The van der Waals surface area contributed by atoms with E-state index in [0.717, 1.165) is 12.3 Å². The Morgan fingerprint density at radius 1 is 1.10 bits per heavy atom. The third-order valence-electron chi connectivity index (χ3n) is 4.79. The predicted octanol–water partition coefficient (Wildman–Crippen LogP) is 4.77. The molecule has 2 aromatic rings. The van der Waals surface area contributed by atoms with Crippen LogP contribution < -0.4 is 5.32 Å². The smallest absolute Gasteiger partial charge is 0.0358 e. The highest BCUT2D eigenvalue weighted by Gasteiger charge is 2.19. The molecule has 0 heterocycles. The molecule has 1 fully saturated rings. The highest BCUT2D eigenvalue weighted by Crippen LogP contribution is 2.36. The second kappa shape index (κ2) is 6.44. The van der Waals surface area contributed by atoms with Crippen molar-refractivity contribution in [3.63, 3.8) is 0 Å². The number of rotatable bonds is 5. The van der Waals surface area contributed by atoms with Gasteiger partial charge in [-0.2, -0.15) is 0 Å². The van der Waals surface area contributed by atoms with Crippen LogP contribution in [0.15, 0.2) is 48.5 Å². The lowest BCUT2D eigenvalue weighted by atomic mass is 9.79. The van der Waals surface area contributed by atoms with Crippen LogP contribution >= 0.6 is 0 Å². The van der Waals surface area contributed by atoms with E-state index in [1.165, 1.54) is 41.5 Å². The molecule has 1 atom stereocenters. The molecule has 0 bridgehead atoms. The average Bonchev–Trinajstić information content (AvgIpc) is 2.44. The molecule has 1 N–H and O–H groups in total. The van der Waals surface area contributed by atoms with Gasteiger partial charge in [-0.1, -0.05) is 60.5 Å². The summed E-state index contributed by atoms with van der Waals surface area (Å²) in [5.74, 6) is 0.823. The Morgan fingerprint density at radius 2 is 1.86 bits per heavy atom. The zero-order chi connectivity index (χ0) is 14.7. The summed E-state index contributed by atoms with van der Waals surface area (Å²) in [6.45, 7) is 2.16. The van der Waals surface area contributed by atoms with Crippen LogP contribution in [0.2, 0.25) is 0 Å². The third-order valence-corrected chi connectivity index (χ3v) is 4.79. The van der Waals surface area contributed by atoms with E-state index in [2.05, 4.69) is 67.8 Å². The number of hydrogen-bond acceptors (Lipinski definition) is 1. The van der Waals surface area contributed by atoms with E-state index in [4.69, 9.17) is 0 Å². The fraction of sp³-hybridized carbons (Fsp3) is 0.400. The van der Waals surface area contributed by atoms with Gasteiger partial charge in [-0.05, 0) is 55.8 Å². The molecule has 0 aliphatic heterocycles. The van der Waals surface area contributed by atoms with Crippen molar-refractivity contribution in [2.45, 2.75) is 44.6 Å². The number of benzene rings is 2. The second-order valence-corrected chi connectivity index (χ2v) is 6.33. The first kappa shape index (κ1) is 14.3. The Hall–Kier alpha value is -1.60. The van der Waals surface area contributed by atoms with Crippen molar-refractivity contribution >= 4 is 0 Å². The largest absolute Gasteiger partial charge is 0.313 e. The van der Waals surface area contributed by atoms with Crippen molar-refractivity contribution < 1.29 is 0 Å². The van der Waals surface area contributed by atoms with Crippen LogP contribution in [0.5, 0.6) is 0 Å². The lowest BCUT2D eigenvalue weighted by molar-refractivity contribution is 0.419. The molecule has 3 rings (SSSR count). The molecule has 0 saturated heterocycles. The molecule has 1 heteroatoms. The van der Waals surface area contributed by atoms with Crippen LogP contribution in [0.1, 0.15) is 53.5 Å². The second-order valence-electron chi connectivity index (χ2n) is 6.33. The summed E-state index contributed by atoms with van der Waals surface area (Å²) in [5, 5.41) is 3.46. The molecular formula is C20H25N. The molecule has 1 nitrogen and oxygen atoms in total. The van der Waals surface area contributed by atoms with E-state index in [1.54, 1.807) is 0 Å². The van der Waals surface area contributed by atoms with Gasteiger partial charge in [-0.3, -0.25) is 0 Å². The zero-order valence-electron chi connectivity index (χ0n) is 13.1. The highest BCUT2D eigenvalue weighted by atomic mass is 14.9. The van der Waals surface area contributed by atoms with Crippen LogP contribution in [0.4, 0.5) is 0 Å². The van der Waals surface area contributed by atoms with E-state index in [-0.39, 0.29) is 0 Å². The molecule has 1 aliphatic rings. The van der Waals surface area contributed by atoms with E-state index >= 15 is 0 Å². The molecule has 0 radical (unpaired) electrons. The average molecular weight is 279 g/mol. The predicted molar refractivity (Wildman–Crippen MR) is 89.7 cm³/mol. The van der Waals surface area contributed by atoms with Gasteiger partial charge >= 0.3 is 0 Å². The minimum absolute atomic E-state index is 0.391. The molecular weight excluding hydrogens is 254 g/mol. The first-order chi connectivity index (χ1) is 10.3. The van der Waals surface area contributed by atoms with Crippen LogP contribution in [0.25, 0.3) is 0 Å². The van der Waals surface area contributed by atoms with Gasteiger partial charge in [-0.25, -0.2) is 0 Å². The van der Waals surface area contributed by atoms with E-state index in [1.807, 2.05) is 0 Å². The van der Waals surface area contributed by atoms with Gasteiger partial charge in [0.15, 0.2) is 0 Å². The van der Waals surface area contributed by atoms with E-state index < -0.39 is 0 Å². The lowest BCUT2D eigenvalue weighted by Gasteiger charge is -2.26. The Morgan fingerprint density at radius 3 is 2.43 bits per heavy atom. The maximum atomic E-state index is 3.46. The molecule has 2 aromatic carbocycles. The van der Waals surface area contributed by atoms with Crippen LogP contribution in [0.3, 0.4) is 0 Å². The molecule has 0 aromatic heterocycles. The molecule has 1 saturated carbocycles. The standard InChI is InChI=1S/C20H25N/c1-15-5-3-6-16(13-15)14-20(21-2)19-11-9-18(10-12-19)17-7-4-8-17/h3,5-6,9-13,17,20-21H,4,7-8,14H2,1-2H3. The van der Waals surface area contributed by atoms with Crippen LogP contribution in [-0.4, -0.2) is 7.05 Å². The van der Waals surface area contributed by atoms with Crippen molar-refractivity contribution in [3.05, 3.63) is 70.8 Å². The summed E-state index contributed by atoms with van der Waals surface area (Å²) in [4.78, 5) is 0. The molecule has 0 amide bonds. The van der Waals surface area contributed by atoms with Gasteiger partial charge in [0.05, 0.1) is 0 Å². The van der Waals surface area contributed by atoms with Crippen molar-refractivity contribution in [3.8, 4) is 0 Å². The molecule has 1 aliphatic carbocycles. The summed E-state index contributed by atoms with van der Waals surface area (Å²) in [5.41, 5.74) is 5.65. The summed E-state index contributed by atoms with van der Waals surface area (Å²) >= 11 is 0. The maximum Gasteiger partial charge on any atom is 0.0358 e. The fourth-order valence-corrected chi connectivity index (χ4v) is 3.20. The number of likely N-dealkylation sites (N-methyl/N-ethyl adjacent to an activating group) is 1. The van der Waals surface area contributed by atoms with Gasteiger partial charge < -0.3 is 5.32 Å². The Balaban J connectivity index is 1.73. The molecule has 21 heavy (non-hydrogen) atoms. The van der Waals surface area contributed by atoms with Gasteiger partial charge in [0.2, 0.25) is 0 Å². The number of aryl methyl sites for hydroxylation is 1. The van der Waals surface area contributed by atoms with E-state index in [9.17, 15) is 0 Å². The summed E-state index contributed by atoms with van der Waals surface area (Å²) in [6.07, 6.45) is 5.19. The van der Waals surface area contributed by atoms with Gasteiger partial charge in [0, 0.05) is 6.04 Å². The Labute approximate surface area is 128 Å². The van der Waals surface area contributed by atoms with Gasteiger partial charge in [0.25, 0.3) is 0 Å². The lowest BCUT2D eigenvalue weighted by Crippen LogP contribution is -2.19. The Bertz CT molecular complexity index is 581. The first-order valence-corrected chi connectivity index (χ1v) is 8.09. The van der Waals surface area contributed by atoms with Crippen molar-refractivity contribution in [2.24, 2.45) is 0 Å². The number of nitrogens with one attached hydrogen (secondary N) is 1. The fourth-order valence-electron chi connectivity index (χ4n) is 3.20. The SMILES string of the molecule is CNC(Cc1cccc(C)c1)c1ccc(C2CCC2)cc1.